The van der Waals surface area contributed by atoms with Crippen LogP contribution < -0.4 is 25.7 Å². The summed E-state index contributed by atoms with van der Waals surface area (Å²) in [6, 6.07) is 1.20. The molecule has 0 radical (unpaired) electrons. The van der Waals surface area contributed by atoms with E-state index in [2.05, 4.69) is 10.6 Å². The number of hydrogen-bond acceptors (Lipinski definition) is 8. The highest BCUT2D eigenvalue weighted by molar-refractivity contribution is 7.98. The van der Waals surface area contributed by atoms with Gasteiger partial charge in [-0.3, -0.25) is 9.59 Å². The molecule has 186 valence electrons. The summed E-state index contributed by atoms with van der Waals surface area (Å²) >= 11 is 1.47. The molecule has 0 bridgehead atoms. The zero-order valence-corrected chi connectivity index (χ0v) is 20.7. The molecule has 0 aliphatic heterocycles. The first-order chi connectivity index (χ1) is 16.2. The zero-order valence-electron chi connectivity index (χ0n) is 19.9. The first kappa shape index (κ1) is 27.0. The second kappa shape index (κ2) is 12.3. The zero-order chi connectivity index (χ0) is 25.4. The highest BCUT2D eigenvalue weighted by Gasteiger charge is 2.26. The Balaban J connectivity index is 2.24. The van der Waals surface area contributed by atoms with Gasteiger partial charge in [0.25, 0.3) is 0 Å². The van der Waals surface area contributed by atoms with Gasteiger partial charge >= 0.3 is 11.6 Å². The summed E-state index contributed by atoms with van der Waals surface area (Å²) in [5.74, 6) is -0.870. The number of methoxy groups -OCH3 is 2. The van der Waals surface area contributed by atoms with Gasteiger partial charge in [0.1, 0.15) is 29.2 Å². The smallest absolute Gasteiger partial charge is 0.340 e. The van der Waals surface area contributed by atoms with E-state index in [9.17, 15) is 24.3 Å². The number of amides is 2. The number of benzene rings is 1. The first-order valence-electron chi connectivity index (χ1n) is 10.7. The van der Waals surface area contributed by atoms with Crippen LogP contribution in [0.25, 0.3) is 11.0 Å². The fourth-order valence-electron chi connectivity index (χ4n) is 3.49. The van der Waals surface area contributed by atoms with E-state index in [1.165, 1.54) is 26.0 Å². The molecule has 1 heterocycles. The Hall–Kier alpha value is -3.21. The van der Waals surface area contributed by atoms with Gasteiger partial charge in [0.15, 0.2) is 0 Å². The Morgan fingerprint density at radius 1 is 1.15 bits per heavy atom. The molecule has 1 unspecified atom stereocenters. The summed E-state index contributed by atoms with van der Waals surface area (Å²) in [6.07, 6.45) is 2.02. The lowest BCUT2D eigenvalue weighted by molar-refractivity contribution is -0.142. The topological polar surface area (TPSA) is 144 Å². The van der Waals surface area contributed by atoms with Crippen molar-refractivity contribution in [1.29, 1.82) is 0 Å². The molecule has 3 N–H and O–H groups in total. The van der Waals surface area contributed by atoms with Gasteiger partial charge in [0.2, 0.25) is 11.8 Å². The number of ether oxygens (including phenoxy) is 2. The average molecular weight is 495 g/mol. The first-order valence-corrected chi connectivity index (χ1v) is 12.1. The predicted molar refractivity (Wildman–Crippen MR) is 129 cm³/mol. The van der Waals surface area contributed by atoms with Crippen molar-refractivity contribution >= 4 is 40.5 Å². The third kappa shape index (κ3) is 6.43. The molecule has 0 fully saturated rings. The second-order valence-electron chi connectivity index (χ2n) is 7.58. The van der Waals surface area contributed by atoms with E-state index in [1.807, 2.05) is 6.26 Å². The molecule has 34 heavy (non-hydrogen) atoms. The van der Waals surface area contributed by atoms with Crippen LogP contribution in [0.4, 0.5) is 0 Å². The van der Waals surface area contributed by atoms with Gasteiger partial charge < -0.3 is 29.6 Å². The molecule has 0 saturated heterocycles. The SMILES string of the molecule is CCC(NC(=O)Cc1c(C)c2c(OC)cc(OC)cc2oc1=O)C(=O)N[C@@H](CCSC)C(=O)O. The predicted octanol–water partition coefficient (Wildman–Crippen LogP) is 1.88. The normalized spacial score (nSPS) is 12.6. The Kier molecular flexibility index (Phi) is 9.79. The fourth-order valence-corrected chi connectivity index (χ4v) is 3.96. The van der Waals surface area contributed by atoms with E-state index in [1.54, 1.807) is 26.0 Å². The summed E-state index contributed by atoms with van der Waals surface area (Å²) in [4.78, 5) is 49.4. The van der Waals surface area contributed by atoms with Crippen LogP contribution in [0.2, 0.25) is 0 Å². The van der Waals surface area contributed by atoms with E-state index in [4.69, 9.17) is 13.9 Å². The molecule has 1 aromatic carbocycles. The summed E-state index contributed by atoms with van der Waals surface area (Å²) in [5.41, 5.74) is 0.225. The maximum atomic E-state index is 12.7. The molecule has 2 rings (SSSR count). The number of carboxylic acid groups (broad SMARTS) is 1. The van der Waals surface area contributed by atoms with Crippen molar-refractivity contribution in [1.82, 2.24) is 10.6 Å². The molecule has 0 spiro atoms. The lowest BCUT2D eigenvalue weighted by atomic mass is 10.0. The Morgan fingerprint density at radius 2 is 1.85 bits per heavy atom. The monoisotopic (exact) mass is 494 g/mol. The number of aliphatic carboxylic acids is 1. The Morgan fingerprint density at radius 3 is 2.41 bits per heavy atom. The van der Waals surface area contributed by atoms with Crippen molar-refractivity contribution in [3.63, 3.8) is 0 Å². The number of fused-ring (bicyclic) bond motifs is 1. The minimum Gasteiger partial charge on any atom is -0.496 e. The minimum absolute atomic E-state index is 0.132. The van der Waals surface area contributed by atoms with E-state index in [0.29, 0.717) is 28.2 Å². The number of aryl methyl sites for hydroxylation is 1. The molecule has 10 nitrogen and oxygen atoms in total. The van der Waals surface area contributed by atoms with Gasteiger partial charge in [-0.15, -0.1) is 0 Å². The van der Waals surface area contributed by atoms with E-state index >= 15 is 0 Å². The number of carboxylic acids is 1. The number of hydrogen-bond donors (Lipinski definition) is 3. The molecule has 2 atom stereocenters. The molecule has 0 saturated carbocycles. The standard InChI is InChI=1S/C23H30N2O8S/c1-6-15(21(27)25-16(22(28)29)7-8-34-5)24-19(26)11-14-12(2)20-17(32-4)9-13(31-3)10-18(20)33-23(14)30/h9-10,15-16H,6-8,11H2,1-5H3,(H,24,26)(H,25,27)(H,28,29)/t15?,16-/m0/s1. The maximum absolute atomic E-state index is 12.7. The van der Waals surface area contributed by atoms with Gasteiger partial charge in [-0.1, -0.05) is 6.92 Å². The van der Waals surface area contributed by atoms with Crippen molar-refractivity contribution in [2.45, 2.75) is 45.2 Å². The van der Waals surface area contributed by atoms with E-state index < -0.39 is 35.5 Å². The Bertz CT molecular complexity index is 1110. The van der Waals surface area contributed by atoms with Crippen LogP contribution in [-0.2, 0) is 20.8 Å². The Labute approximate surface area is 201 Å². The number of carbonyl (C=O) groups is 3. The molecule has 0 aliphatic carbocycles. The molecular weight excluding hydrogens is 464 g/mol. The summed E-state index contributed by atoms with van der Waals surface area (Å²) < 4.78 is 16.0. The lowest BCUT2D eigenvalue weighted by Gasteiger charge is -2.20. The number of rotatable bonds is 12. The van der Waals surface area contributed by atoms with Crippen molar-refractivity contribution < 1.29 is 33.4 Å². The van der Waals surface area contributed by atoms with Crippen LogP contribution in [0.1, 0.15) is 30.9 Å². The number of nitrogens with one attached hydrogen (secondary N) is 2. The lowest BCUT2D eigenvalue weighted by Crippen LogP contribution is -2.51. The van der Waals surface area contributed by atoms with Gasteiger partial charge in [0.05, 0.1) is 31.6 Å². The van der Waals surface area contributed by atoms with Crippen molar-refractivity contribution in [2.24, 2.45) is 0 Å². The highest BCUT2D eigenvalue weighted by atomic mass is 32.2. The third-order valence-corrected chi connectivity index (χ3v) is 6.04. The second-order valence-corrected chi connectivity index (χ2v) is 8.57. The van der Waals surface area contributed by atoms with Gasteiger partial charge in [-0.2, -0.15) is 11.8 Å². The van der Waals surface area contributed by atoms with Crippen LogP contribution in [0, 0.1) is 6.92 Å². The van der Waals surface area contributed by atoms with Crippen LogP contribution in [0.15, 0.2) is 21.3 Å². The van der Waals surface area contributed by atoms with Crippen LogP contribution in [0.5, 0.6) is 11.5 Å². The van der Waals surface area contributed by atoms with Gasteiger partial charge in [-0.25, -0.2) is 9.59 Å². The molecule has 0 aliphatic rings. The fraction of sp³-hybridized carbons (Fsp3) is 0.478. The molecule has 11 heteroatoms. The minimum atomic E-state index is -1.14. The van der Waals surface area contributed by atoms with Crippen LogP contribution in [0.3, 0.4) is 0 Å². The van der Waals surface area contributed by atoms with Crippen molar-refractivity contribution in [3.8, 4) is 11.5 Å². The molecule has 1 aromatic heterocycles. The molecule has 2 amide bonds. The van der Waals surface area contributed by atoms with Crippen molar-refractivity contribution in [3.05, 3.63) is 33.7 Å². The molecule has 2 aromatic rings. The van der Waals surface area contributed by atoms with Crippen LogP contribution >= 0.6 is 11.8 Å². The molecular formula is C23H30N2O8S. The van der Waals surface area contributed by atoms with Gasteiger partial charge in [0, 0.05) is 12.1 Å². The van der Waals surface area contributed by atoms with Crippen molar-refractivity contribution in [2.75, 3.05) is 26.2 Å². The largest absolute Gasteiger partial charge is 0.496 e. The van der Waals surface area contributed by atoms with Gasteiger partial charge in [-0.05, 0) is 37.3 Å². The number of carbonyl (C=O) groups excluding carboxylic acids is 2. The van der Waals surface area contributed by atoms with E-state index in [-0.39, 0.29) is 30.4 Å². The summed E-state index contributed by atoms with van der Waals surface area (Å²) in [5, 5.41) is 14.9. The highest BCUT2D eigenvalue weighted by Crippen LogP contribution is 2.33. The number of thioether (sulfide) groups is 1. The summed E-state index contributed by atoms with van der Waals surface area (Å²) in [6.45, 7) is 3.38. The maximum Gasteiger partial charge on any atom is 0.340 e. The quantitative estimate of drug-likeness (QED) is 0.377. The van der Waals surface area contributed by atoms with Crippen LogP contribution in [-0.4, -0.2) is 61.2 Å². The average Bonchev–Trinajstić information content (AvgIpc) is 2.81. The summed E-state index contributed by atoms with van der Waals surface area (Å²) in [7, 11) is 2.95. The third-order valence-electron chi connectivity index (χ3n) is 5.39. The van der Waals surface area contributed by atoms with E-state index in [0.717, 1.165) is 0 Å².